The van der Waals surface area contributed by atoms with Crippen molar-refractivity contribution in [2.24, 2.45) is 0 Å². The van der Waals surface area contributed by atoms with Crippen LogP contribution in [0.25, 0.3) is 6.15 Å². The van der Waals surface area contributed by atoms with E-state index < -0.39 is 6.15 Å². The van der Waals surface area contributed by atoms with E-state index in [1.165, 1.54) is 21.9 Å². The van der Waals surface area contributed by atoms with E-state index in [9.17, 15) is 0 Å². The summed E-state index contributed by atoms with van der Waals surface area (Å²) in [6.07, 6.45) is 8.78. The van der Waals surface area contributed by atoms with E-state index in [2.05, 4.69) is 135 Å². The quantitative estimate of drug-likeness (QED) is 0.216. The summed E-state index contributed by atoms with van der Waals surface area (Å²) < 4.78 is 15.0. The molecule has 4 aromatic rings. The molecule has 3 nitrogen and oxygen atoms in total. The van der Waals surface area contributed by atoms with Crippen LogP contribution in [-0.2, 0) is 26.4 Å². The van der Waals surface area contributed by atoms with Crippen molar-refractivity contribution < 1.29 is 26.4 Å². The fourth-order valence-electron chi connectivity index (χ4n) is 4.44. The number of rotatable bonds is 4. The minimum absolute atomic E-state index is 0. The molecule has 179 valence electrons. The first kappa shape index (κ1) is 32.9. The van der Waals surface area contributed by atoms with Crippen LogP contribution in [0.15, 0.2) is 121 Å². The van der Waals surface area contributed by atoms with Gasteiger partial charge < -0.3 is 6.15 Å². The number of hydrogen-bond donors (Lipinski definition) is 0. The molecule has 1 fully saturated rings. The van der Waals surface area contributed by atoms with Crippen LogP contribution in [0.1, 0.15) is 0 Å². The second kappa shape index (κ2) is 19.1. The Hall–Kier alpha value is -3.10. The zero-order chi connectivity index (χ0) is 24.5. The van der Waals surface area contributed by atoms with Gasteiger partial charge in [0.05, 0.1) is 0 Å². The fourth-order valence-corrected chi connectivity index (χ4v) is 4.44. The second-order valence-corrected chi connectivity index (χ2v) is 7.47. The molecule has 0 atom stereocenters. The average molecular weight is 512 g/mol. The Bertz CT molecular complexity index is 924. The van der Waals surface area contributed by atoms with Gasteiger partial charge in [0.15, 0.2) is 0 Å². The van der Waals surface area contributed by atoms with E-state index in [0.717, 1.165) is 0 Å². The molecule has 0 bridgehead atoms. The first-order chi connectivity index (χ1) is 16.9. The van der Waals surface area contributed by atoms with Crippen molar-refractivity contribution in [1.29, 1.82) is 0 Å². The average Bonchev–Trinajstić information content (AvgIpc) is 3.55. The predicted molar refractivity (Wildman–Crippen MR) is 145 cm³/mol. The van der Waals surface area contributed by atoms with E-state index in [-0.39, 0.29) is 23.2 Å². The van der Waals surface area contributed by atoms with E-state index in [4.69, 9.17) is 9.30 Å². The van der Waals surface area contributed by atoms with Gasteiger partial charge in [-0.1, -0.05) is 121 Å². The van der Waals surface area contributed by atoms with Gasteiger partial charge in [-0.3, -0.25) is 0 Å². The van der Waals surface area contributed by atoms with Crippen LogP contribution < -0.4 is 21.9 Å². The molecule has 0 aromatic heterocycles. The molecule has 5 rings (SSSR count). The van der Waals surface area contributed by atoms with Crippen LogP contribution in [-0.4, -0.2) is 6.15 Å². The van der Waals surface area contributed by atoms with Gasteiger partial charge in [-0.2, -0.15) is 21.9 Å². The smallest absolute Gasteiger partial charge is 0.693 e. The van der Waals surface area contributed by atoms with Gasteiger partial charge in [0.1, 0.15) is 6.15 Å². The molecule has 0 amide bonds. The Morgan fingerprint density at radius 2 is 0.528 bits per heavy atom. The molecule has 0 heterocycles. The maximum atomic E-state index is 7.50. The van der Waals surface area contributed by atoms with Crippen LogP contribution in [0.3, 0.4) is 0 Å². The maximum absolute atomic E-state index is 7.50. The first-order valence-corrected chi connectivity index (χ1v) is 10.9. The van der Waals surface area contributed by atoms with Crippen LogP contribution in [0.5, 0.6) is 0 Å². The third-order valence-corrected chi connectivity index (χ3v) is 5.75. The van der Waals surface area contributed by atoms with Crippen LogP contribution in [0, 0.1) is 45.4 Å². The van der Waals surface area contributed by atoms with E-state index in [0.29, 0.717) is 0 Å². The molecule has 0 saturated heterocycles. The summed E-state index contributed by atoms with van der Waals surface area (Å²) in [5.41, 5.74) is 5.36. The van der Waals surface area contributed by atoms with Crippen molar-refractivity contribution in [2.45, 2.75) is 0 Å². The minimum atomic E-state index is -1.22. The molecule has 1 aliphatic carbocycles. The second-order valence-electron chi connectivity index (χ2n) is 7.47. The Morgan fingerprint density at radius 3 is 0.694 bits per heavy atom. The van der Waals surface area contributed by atoms with Crippen molar-refractivity contribution in [2.75, 3.05) is 0 Å². The third-order valence-electron chi connectivity index (χ3n) is 5.75. The van der Waals surface area contributed by atoms with Gasteiger partial charge in [0.2, 0.25) is 0 Å². The summed E-state index contributed by atoms with van der Waals surface area (Å²) in [6, 6.07) is 43.5. The van der Waals surface area contributed by atoms with Crippen molar-refractivity contribution in [3.05, 3.63) is 173 Å². The Morgan fingerprint density at radius 1 is 0.361 bits per heavy atom. The van der Waals surface area contributed by atoms with Crippen molar-refractivity contribution in [1.82, 2.24) is 0 Å². The summed E-state index contributed by atoms with van der Waals surface area (Å²) in [5.74, 6) is 0. The number of hydrogen-bond acceptors (Lipinski definition) is 0. The number of nitrogens with two attached hydrogens (primary N) is 1. The summed E-state index contributed by atoms with van der Waals surface area (Å²) in [7, 11) is 0. The van der Waals surface area contributed by atoms with Crippen molar-refractivity contribution >= 4 is 28.0 Å². The molecule has 4 aromatic carbocycles. The zero-order valence-corrected chi connectivity index (χ0v) is 20.9. The van der Waals surface area contributed by atoms with Gasteiger partial charge in [-0.15, -0.1) is 0 Å². The summed E-state index contributed by atoms with van der Waals surface area (Å²) in [4.78, 5) is 0. The standard InChI is InChI=1S/C24H20B.C5H5.2CO.Fe.H2N/c1-5-13-21(14-6-1)25(22-15-7-2-8-16-22,23-17-9-3-10-18-23)24-19-11-4-12-20-24;1-2-4-5-3-1;2*1-2;;/h1-20H;1-5H;;;;1H2/q-1;;;;+2;-1. The molecule has 0 spiro atoms. The molecule has 0 unspecified atom stereocenters. The molecule has 5 radical (unpaired) electrons. The molecule has 0 aliphatic heterocycles. The monoisotopic (exact) mass is 512 g/mol. The molecule has 5 heteroatoms. The van der Waals surface area contributed by atoms with Gasteiger partial charge in [-0.25, -0.2) is 0 Å². The molecule has 36 heavy (non-hydrogen) atoms. The Labute approximate surface area is 226 Å². The fraction of sp³-hybridized carbons (Fsp3) is 0. The zero-order valence-electron chi connectivity index (χ0n) is 19.8. The maximum Gasteiger partial charge on any atom is 2.00 e. The van der Waals surface area contributed by atoms with Crippen molar-refractivity contribution in [3.8, 4) is 0 Å². The summed E-state index contributed by atoms with van der Waals surface area (Å²) >= 11 is 0. The van der Waals surface area contributed by atoms with Gasteiger partial charge in [-0.05, 0) is 32.1 Å². The first-order valence-electron chi connectivity index (χ1n) is 10.9. The SMILES string of the molecule is [C-]#[O+].[C-]#[O+].[CH]1[CH][CH][CH][CH]1.[Fe+2].[NH2-].c1ccc([B-](c2ccccc2)(c2ccccc2)c2ccccc2)cc1. The largest absolute Gasteiger partial charge is 2.00 e. The van der Waals surface area contributed by atoms with Crippen LogP contribution in [0.4, 0.5) is 0 Å². The van der Waals surface area contributed by atoms with E-state index in [1.807, 2.05) is 32.1 Å². The third kappa shape index (κ3) is 8.24. The van der Waals surface area contributed by atoms with Crippen LogP contribution >= 0.6 is 0 Å². The molecule has 1 aliphatic rings. The summed E-state index contributed by atoms with van der Waals surface area (Å²) in [5, 5.41) is 0. The molecular formula is C31H27BFeNO2. The summed E-state index contributed by atoms with van der Waals surface area (Å²) in [6.45, 7) is 9.00. The molecule has 1 saturated carbocycles. The molecule has 2 N–H and O–H groups in total. The topological polar surface area (TPSA) is 73.3 Å². The van der Waals surface area contributed by atoms with Gasteiger partial charge >= 0.3 is 39.7 Å². The Kier molecular flexibility index (Phi) is 17.5. The Balaban J connectivity index is 0.000000968. The van der Waals surface area contributed by atoms with Crippen LogP contribution in [0.2, 0.25) is 0 Å². The van der Waals surface area contributed by atoms with Crippen molar-refractivity contribution in [3.63, 3.8) is 0 Å². The van der Waals surface area contributed by atoms with Gasteiger partial charge in [0, 0.05) is 0 Å². The van der Waals surface area contributed by atoms with E-state index in [1.54, 1.807) is 0 Å². The normalized spacial score (nSPS) is 11.2. The number of benzene rings is 4. The van der Waals surface area contributed by atoms with E-state index >= 15 is 0 Å². The van der Waals surface area contributed by atoms with Gasteiger partial charge in [0.25, 0.3) is 0 Å². The molecular weight excluding hydrogens is 485 g/mol. The minimum Gasteiger partial charge on any atom is -0.693 e. The predicted octanol–water partition coefficient (Wildman–Crippen LogP) is 4.73.